The summed E-state index contributed by atoms with van der Waals surface area (Å²) in [6.07, 6.45) is 3.73. The van der Waals surface area contributed by atoms with Gasteiger partial charge < -0.3 is 9.80 Å². The number of benzene rings is 2. The van der Waals surface area contributed by atoms with Crippen LogP contribution in [0.4, 0.5) is 15.8 Å². The van der Waals surface area contributed by atoms with Crippen LogP contribution in [0.5, 0.6) is 0 Å². The molecule has 2 aliphatic rings. The summed E-state index contributed by atoms with van der Waals surface area (Å²) in [5.41, 5.74) is 2.22. The molecule has 0 N–H and O–H groups in total. The highest BCUT2D eigenvalue weighted by molar-refractivity contribution is 7.99. The molecule has 0 unspecified atom stereocenters. The molecule has 2 nitrogen and oxygen atoms in total. The average Bonchev–Trinajstić information content (AvgIpc) is 2.63. The molecular weight excluding hydrogens is 331 g/mol. The molecule has 2 heterocycles. The Bertz CT molecular complexity index is 740. The largest absolute Gasteiger partial charge is 0.340 e. The van der Waals surface area contributed by atoms with E-state index in [9.17, 15) is 4.39 Å². The molecule has 0 spiro atoms. The van der Waals surface area contributed by atoms with Crippen LogP contribution in [0.15, 0.2) is 52.3 Å². The van der Waals surface area contributed by atoms with E-state index in [0.29, 0.717) is 0 Å². The predicted molar refractivity (Wildman–Crippen MR) is 103 cm³/mol. The van der Waals surface area contributed by atoms with Gasteiger partial charge in [0.15, 0.2) is 0 Å². The normalized spacial score (nSPS) is 18.1. The van der Waals surface area contributed by atoms with Gasteiger partial charge in [0.25, 0.3) is 0 Å². The van der Waals surface area contributed by atoms with E-state index >= 15 is 0 Å². The molecule has 0 aromatic heterocycles. The van der Waals surface area contributed by atoms with E-state index in [2.05, 4.69) is 41.0 Å². The standard InChI is InChI=1S/C21H25FN2S/c1-16-9-13-23(14-10-16)11-4-12-24-18-5-2-3-6-20(18)25-21-8-7-17(22)15-19(21)24/h2-3,5-8,15-16H,4,9-14H2,1H3. The second-order valence-electron chi connectivity index (χ2n) is 7.21. The molecule has 4 heteroatoms. The molecular formula is C21H25FN2S. The van der Waals surface area contributed by atoms with E-state index in [-0.39, 0.29) is 5.82 Å². The lowest BCUT2D eigenvalue weighted by atomic mass is 9.99. The van der Waals surface area contributed by atoms with E-state index in [4.69, 9.17) is 0 Å². The van der Waals surface area contributed by atoms with Gasteiger partial charge in [0.05, 0.1) is 11.4 Å². The van der Waals surface area contributed by atoms with Crippen LogP contribution in [0, 0.1) is 11.7 Å². The number of piperidine rings is 1. The number of hydrogen-bond acceptors (Lipinski definition) is 3. The number of halogens is 1. The Morgan fingerprint density at radius 3 is 2.60 bits per heavy atom. The van der Waals surface area contributed by atoms with Crippen molar-refractivity contribution >= 4 is 23.1 Å². The van der Waals surface area contributed by atoms with Gasteiger partial charge in [-0.25, -0.2) is 4.39 Å². The summed E-state index contributed by atoms with van der Waals surface area (Å²) in [6.45, 7) is 6.85. The SMILES string of the molecule is CC1CCN(CCCN2c3ccccc3Sc3ccc(F)cc32)CC1. The highest BCUT2D eigenvalue weighted by Gasteiger charge is 2.24. The number of likely N-dealkylation sites (tertiary alicyclic amines) is 1. The quantitative estimate of drug-likeness (QED) is 0.709. The van der Waals surface area contributed by atoms with Crippen LogP contribution in [0.2, 0.25) is 0 Å². The summed E-state index contributed by atoms with van der Waals surface area (Å²) in [5.74, 6) is 0.714. The fraction of sp³-hybridized carbons (Fsp3) is 0.429. The maximum atomic E-state index is 13.8. The minimum Gasteiger partial charge on any atom is -0.340 e. The molecule has 0 radical (unpaired) electrons. The molecule has 2 aromatic rings. The zero-order chi connectivity index (χ0) is 17.2. The van der Waals surface area contributed by atoms with Crippen molar-refractivity contribution < 1.29 is 4.39 Å². The fourth-order valence-corrected chi connectivity index (χ4v) is 4.86. The molecule has 0 aliphatic carbocycles. The topological polar surface area (TPSA) is 6.48 Å². The number of hydrogen-bond donors (Lipinski definition) is 0. The van der Waals surface area contributed by atoms with Crippen LogP contribution in [-0.4, -0.2) is 31.1 Å². The number of nitrogens with zero attached hydrogens (tertiary/aromatic N) is 2. The first-order chi connectivity index (χ1) is 12.2. The first-order valence-corrected chi connectivity index (χ1v) is 10.1. The van der Waals surface area contributed by atoms with Crippen molar-refractivity contribution in [2.75, 3.05) is 31.1 Å². The lowest BCUT2D eigenvalue weighted by molar-refractivity contribution is 0.191. The van der Waals surface area contributed by atoms with Crippen molar-refractivity contribution in [3.63, 3.8) is 0 Å². The summed E-state index contributed by atoms with van der Waals surface area (Å²) in [6, 6.07) is 13.6. The second kappa shape index (κ2) is 7.38. The van der Waals surface area contributed by atoms with E-state index in [1.807, 2.05) is 6.07 Å². The molecule has 132 valence electrons. The first-order valence-electron chi connectivity index (χ1n) is 9.27. The van der Waals surface area contributed by atoms with Gasteiger partial charge in [0, 0.05) is 16.3 Å². The Morgan fingerprint density at radius 1 is 1.00 bits per heavy atom. The molecule has 2 aliphatic heterocycles. The summed E-state index contributed by atoms with van der Waals surface area (Å²) in [7, 11) is 0. The second-order valence-corrected chi connectivity index (χ2v) is 8.29. The summed E-state index contributed by atoms with van der Waals surface area (Å²) < 4.78 is 13.8. The van der Waals surface area contributed by atoms with Gasteiger partial charge in [-0.3, -0.25) is 0 Å². The smallest absolute Gasteiger partial charge is 0.125 e. The molecule has 0 saturated carbocycles. The van der Waals surface area contributed by atoms with Gasteiger partial charge in [-0.1, -0.05) is 30.8 Å². The Balaban J connectivity index is 1.49. The molecule has 0 amide bonds. The lowest BCUT2D eigenvalue weighted by Gasteiger charge is -2.34. The Labute approximate surface area is 154 Å². The monoisotopic (exact) mass is 356 g/mol. The van der Waals surface area contributed by atoms with E-state index < -0.39 is 0 Å². The Hall–Kier alpha value is -1.52. The van der Waals surface area contributed by atoms with E-state index in [0.717, 1.165) is 36.0 Å². The average molecular weight is 357 g/mol. The van der Waals surface area contributed by atoms with Crippen LogP contribution in [0.3, 0.4) is 0 Å². The van der Waals surface area contributed by atoms with Gasteiger partial charge >= 0.3 is 0 Å². The lowest BCUT2D eigenvalue weighted by Crippen LogP contribution is -2.35. The van der Waals surface area contributed by atoms with Gasteiger partial charge in [0.2, 0.25) is 0 Å². The van der Waals surface area contributed by atoms with Crippen molar-refractivity contribution in [3.8, 4) is 0 Å². The molecule has 2 aromatic carbocycles. The molecule has 1 fully saturated rings. The Kier molecular flexibility index (Phi) is 5.00. The van der Waals surface area contributed by atoms with Crippen LogP contribution in [0.25, 0.3) is 0 Å². The minimum atomic E-state index is -0.159. The third-order valence-corrected chi connectivity index (χ3v) is 6.45. The van der Waals surface area contributed by atoms with Crippen LogP contribution in [-0.2, 0) is 0 Å². The highest BCUT2D eigenvalue weighted by atomic mass is 32.2. The Morgan fingerprint density at radius 2 is 1.76 bits per heavy atom. The van der Waals surface area contributed by atoms with Crippen molar-refractivity contribution in [2.24, 2.45) is 5.92 Å². The summed E-state index contributed by atoms with van der Waals surface area (Å²) in [4.78, 5) is 7.29. The number of fused-ring (bicyclic) bond motifs is 2. The maximum absolute atomic E-state index is 13.8. The van der Waals surface area contributed by atoms with Crippen LogP contribution >= 0.6 is 11.8 Å². The molecule has 0 atom stereocenters. The molecule has 25 heavy (non-hydrogen) atoms. The summed E-state index contributed by atoms with van der Waals surface area (Å²) in [5, 5.41) is 0. The van der Waals surface area contributed by atoms with Crippen molar-refractivity contribution in [2.45, 2.75) is 36.0 Å². The highest BCUT2D eigenvalue weighted by Crippen LogP contribution is 2.48. The van der Waals surface area contributed by atoms with Gasteiger partial charge in [0.1, 0.15) is 5.82 Å². The van der Waals surface area contributed by atoms with Gasteiger partial charge in [-0.05, 0) is 75.1 Å². The third-order valence-electron chi connectivity index (χ3n) is 5.32. The molecule has 1 saturated heterocycles. The number of anilines is 2. The zero-order valence-corrected chi connectivity index (χ0v) is 15.6. The minimum absolute atomic E-state index is 0.159. The number of rotatable bonds is 4. The van der Waals surface area contributed by atoms with Crippen LogP contribution in [0.1, 0.15) is 26.2 Å². The fourth-order valence-electron chi connectivity index (χ4n) is 3.78. The maximum Gasteiger partial charge on any atom is 0.125 e. The molecule has 4 rings (SSSR count). The van der Waals surface area contributed by atoms with Gasteiger partial charge in [-0.15, -0.1) is 0 Å². The van der Waals surface area contributed by atoms with E-state index in [1.54, 1.807) is 23.9 Å². The van der Waals surface area contributed by atoms with Crippen molar-refractivity contribution in [1.82, 2.24) is 4.90 Å². The number of para-hydroxylation sites is 1. The van der Waals surface area contributed by atoms with Crippen molar-refractivity contribution in [3.05, 3.63) is 48.3 Å². The van der Waals surface area contributed by atoms with E-state index in [1.165, 1.54) is 36.5 Å². The predicted octanol–water partition coefficient (Wildman–Crippen LogP) is 5.55. The van der Waals surface area contributed by atoms with Gasteiger partial charge in [-0.2, -0.15) is 0 Å². The summed E-state index contributed by atoms with van der Waals surface area (Å²) >= 11 is 1.74. The van der Waals surface area contributed by atoms with Crippen molar-refractivity contribution in [1.29, 1.82) is 0 Å². The van der Waals surface area contributed by atoms with Crippen LogP contribution < -0.4 is 4.90 Å². The third kappa shape index (κ3) is 3.70. The first kappa shape index (κ1) is 16.9. The zero-order valence-electron chi connectivity index (χ0n) is 14.7. The molecule has 0 bridgehead atoms.